The highest BCUT2D eigenvalue weighted by molar-refractivity contribution is 7.73. The zero-order valence-corrected chi connectivity index (χ0v) is 21.8. The molecule has 7 nitrogen and oxygen atoms in total. The van der Waals surface area contributed by atoms with Crippen LogP contribution in [0.4, 0.5) is 0 Å². The molecular formula is C24H49O7S-. The van der Waals surface area contributed by atoms with Crippen molar-refractivity contribution in [2.75, 3.05) is 6.61 Å². The van der Waals surface area contributed by atoms with E-state index in [2.05, 4.69) is 13.8 Å². The summed E-state index contributed by atoms with van der Waals surface area (Å²) in [5.41, 5.74) is 0. The van der Waals surface area contributed by atoms with E-state index in [0.29, 0.717) is 25.4 Å². The zero-order chi connectivity index (χ0) is 25.0. The number of carbonyl (C=O) groups is 2. The van der Waals surface area contributed by atoms with Gasteiger partial charge in [-0.1, -0.05) is 91.9 Å². The van der Waals surface area contributed by atoms with Gasteiger partial charge in [0.1, 0.15) is 0 Å². The van der Waals surface area contributed by atoms with Gasteiger partial charge in [-0.15, -0.1) is 0 Å². The lowest BCUT2D eigenvalue weighted by atomic mass is 9.95. The lowest BCUT2D eigenvalue weighted by molar-refractivity contribution is -0.145. The van der Waals surface area contributed by atoms with E-state index in [4.69, 9.17) is 23.2 Å². The predicted octanol–water partition coefficient (Wildman–Crippen LogP) is 6.88. The van der Waals surface area contributed by atoms with Gasteiger partial charge in [-0.2, -0.15) is 0 Å². The standard InChI is InChI=1S/C20H40O2.C4H8O2.H2O3S/c1-4-7-9-11-12-14-17-19(16-13-10-8-5-2)18-22-20(21)15-6-3;1-2-3-4(5)6;1-4(2)3/h19H,4-18H2,1-3H3;2-3H2,1H3,(H,5,6);(H2,1,2,3)/p-1. The van der Waals surface area contributed by atoms with Crippen LogP contribution in [0.2, 0.25) is 0 Å². The molecule has 0 bridgehead atoms. The Morgan fingerprint density at radius 1 is 0.781 bits per heavy atom. The quantitative estimate of drug-likeness (QED) is 0.124. The SMILES string of the molecule is CCCC(=O)O.CCCCCCCCC(CCCCCC)COC(=O)CCC.O=S([O-])O. The molecule has 0 fully saturated rings. The average Bonchev–Trinajstić information content (AvgIpc) is 2.71. The maximum Gasteiger partial charge on any atom is 0.305 e. The summed E-state index contributed by atoms with van der Waals surface area (Å²) in [5, 5.41) is 7.91. The molecule has 0 aromatic heterocycles. The molecule has 2 atom stereocenters. The molecule has 0 radical (unpaired) electrons. The van der Waals surface area contributed by atoms with Crippen molar-refractivity contribution in [2.45, 2.75) is 130 Å². The molecule has 2 unspecified atom stereocenters. The monoisotopic (exact) mass is 481 g/mol. The first-order valence-corrected chi connectivity index (χ1v) is 13.4. The second-order valence-corrected chi connectivity index (χ2v) is 8.50. The lowest BCUT2D eigenvalue weighted by Gasteiger charge is -2.17. The van der Waals surface area contributed by atoms with E-state index in [-0.39, 0.29) is 5.97 Å². The first kappa shape index (κ1) is 35.6. The normalized spacial score (nSPS) is 11.9. The topological polar surface area (TPSA) is 124 Å². The van der Waals surface area contributed by atoms with E-state index in [9.17, 15) is 9.59 Å². The van der Waals surface area contributed by atoms with Crippen molar-refractivity contribution < 1.29 is 32.7 Å². The number of carbonyl (C=O) groups excluding carboxylic acids is 1. The molecule has 0 saturated heterocycles. The third kappa shape index (κ3) is 39.5. The van der Waals surface area contributed by atoms with Crippen molar-refractivity contribution in [1.29, 1.82) is 0 Å². The largest absolute Gasteiger partial charge is 0.750 e. The smallest absolute Gasteiger partial charge is 0.305 e. The molecule has 8 heteroatoms. The van der Waals surface area contributed by atoms with E-state index in [1.807, 2.05) is 13.8 Å². The Hall–Kier alpha value is -0.990. The van der Waals surface area contributed by atoms with Crippen LogP contribution in [0, 0.1) is 5.92 Å². The van der Waals surface area contributed by atoms with Gasteiger partial charge in [-0.25, -0.2) is 4.21 Å². The van der Waals surface area contributed by atoms with Gasteiger partial charge in [-0.3, -0.25) is 9.59 Å². The molecule has 194 valence electrons. The molecule has 0 aromatic rings. The Labute approximate surface area is 199 Å². The second-order valence-electron chi connectivity index (χ2n) is 8.07. The highest BCUT2D eigenvalue weighted by Crippen LogP contribution is 2.19. The highest BCUT2D eigenvalue weighted by atomic mass is 32.2. The molecule has 0 amide bonds. The van der Waals surface area contributed by atoms with Crippen molar-refractivity contribution in [3.8, 4) is 0 Å². The van der Waals surface area contributed by atoms with Crippen molar-refractivity contribution >= 4 is 23.3 Å². The number of unbranched alkanes of at least 4 members (excludes halogenated alkanes) is 8. The van der Waals surface area contributed by atoms with E-state index in [1.54, 1.807) is 0 Å². The molecule has 0 spiro atoms. The first-order chi connectivity index (χ1) is 15.2. The Morgan fingerprint density at radius 3 is 1.56 bits per heavy atom. The first-order valence-electron chi connectivity index (χ1n) is 12.4. The minimum absolute atomic E-state index is 0.0102. The van der Waals surface area contributed by atoms with Crippen LogP contribution in [0.1, 0.15) is 130 Å². The van der Waals surface area contributed by atoms with Crippen molar-refractivity contribution in [3.63, 3.8) is 0 Å². The number of hydrogen-bond donors (Lipinski definition) is 2. The van der Waals surface area contributed by atoms with Gasteiger partial charge < -0.3 is 18.9 Å². The fourth-order valence-corrected chi connectivity index (χ4v) is 3.09. The van der Waals surface area contributed by atoms with Crippen LogP contribution in [-0.4, -0.2) is 37.0 Å². The van der Waals surface area contributed by atoms with E-state index >= 15 is 0 Å². The summed E-state index contributed by atoms with van der Waals surface area (Å²) < 4.78 is 29.5. The van der Waals surface area contributed by atoms with Gasteiger partial charge in [0.25, 0.3) is 0 Å². The summed E-state index contributed by atoms with van der Waals surface area (Å²) in [6.07, 6.45) is 18.2. The molecule has 0 heterocycles. The molecular weight excluding hydrogens is 432 g/mol. The zero-order valence-electron chi connectivity index (χ0n) is 20.9. The molecule has 0 aliphatic rings. The lowest BCUT2D eigenvalue weighted by Crippen LogP contribution is -2.14. The van der Waals surface area contributed by atoms with Gasteiger partial charge in [0, 0.05) is 12.8 Å². The van der Waals surface area contributed by atoms with Crippen LogP contribution in [0.15, 0.2) is 0 Å². The van der Waals surface area contributed by atoms with Crippen LogP contribution in [0.3, 0.4) is 0 Å². The molecule has 0 aliphatic carbocycles. The van der Waals surface area contributed by atoms with Crippen LogP contribution >= 0.6 is 0 Å². The van der Waals surface area contributed by atoms with E-state index in [0.717, 1.165) is 12.8 Å². The number of ether oxygens (including phenoxy) is 1. The van der Waals surface area contributed by atoms with Gasteiger partial charge in [0.15, 0.2) is 0 Å². The van der Waals surface area contributed by atoms with Crippen LogP contribution < -0.4 is 0 Å². The van der Waals surface area contributed by atoms with Crippen LogP contribution in [0.5, 0.6) is 0 Å². The van der Waals surface area contributed by atoms with Crippen LogP contribution in [-0.2, 0) is 25.7 Å². The molecule has 0 aliphatic heterocycles. The highest BCUT2D eigenvalue weighted by Gasteiger charge is 2.11. The van der Waals surface area contributed by atoms with E-state index in [1.165, 1.54) is 77.0 Å². The number of carboxylic acids is 1. The maximum absolute atomic E-state index is 11.5. The van der Waals surface area contributed by atoms with Gasteiger partial charge in [0.05, 0.1) is 18.0 Å². The maximum atomic E-state index is 11.5. The Bertz CT molecular complexity index is 427. The number of hydrogen-bond acceptors (Lipinski definition) is 5. The fraction of sp³-hybridized carbons (Fsp3) is 0.917. The Balaban J connectivity index is -0.000000696. The van der Waals surface area contributed by atoms with Gasteiger partial charge in [0.2, 0.25) is 0 Å². The second kappa shape index (κ2) is 30.0. The number of esters is 1. The van der Waals surface area contributed by atoms with E-state index < -0.39 is 17.3 Å². The summed E-state index contributed by atoms with van der Waals surface area (Å²) in [6, 6.07) is 0. The molecule has 0 saturated carbocycles. The minimum atomic E-state index is -2.86. The average molecular weight is 482 g/mol. The number of aliphatic carboxylic acids is 1. The number of rotatable bonds is 18. The van der Waals surface area contributed by atoms with Crippen molar-refractivity contribution in [1.82, 2.24) is 0 Å². The van der Waals surface area contributed by atoms with Gasteiger partial charge >= 0.3 is 11.9 Å². The Morgan fingerprint density at radius 2 is 1.19 bits per heavy atom. The summed E-state index contributed by atoms with van der Waals surface area (Å²) in [5.74, 6) is -0.134. The third-order valence-electron chi connectivity index (χ3n) is 4.83. The molecule has 0 rings (SSSR count). The molecule has 2 N–H and O–H groups in total. The third-order valence-corrected chi connectivity index (χ3v) is 4.83. The minimum Gasteiger partial charge on any atom is -0.750 e. The Kier molecular flexibility index (Phi) is 33.4. The van der Waals surface area contributed by atoms with Crippen molar-refractivity contribution in [3.05, 3.63) is 0 Å². The summed E-state index contributed by atoms with van der Waals surface area (Å²) in [6.45, 7) is 9.03. The molecule has 0 aromatic carbocycles. The van der Waals surface area contributed by atoms with Crippen molar-refractivity contribution in [2.24, 2.45) is 5.92 Å². The summed E-state index contributed by atoms with van der Waals surface area (Å²) in [7, 11) is 0. The number of carboxylic acid groups (broad SMARTS) is 1. The summed E-state index contributed by atoms with van der Waals surface area (Å²) in [4.78, 5) is 21.1. The van der Waals surface area contributed by atoms with Crippen LogP contribution in [0.25, 0.3) is 0 Å². The van der Waals surface area contributed by atoms with Gasteiger partial charge in [-0.05, 0) is 31.6 Å². The summed E-state index contributed by atoms with van der Waals surface area (Å²) >= 11 is -2.86. The molecule has 32 heavy (non-hydrogen) atoms. The predicted molar refractivity (Wildman–Crippen MR) is 130 cm³/mol. The fourth-order valence-electron chi connectivity index (χ4n) is 3.09.